The summed E-state index contributed by atoms with van der Waals surface area (Å²) in [7, 11) is 0.417. The van der Waals surface area contributed by atoms with Crippen LogP contribution in [0.1, 0.15) is 95.4 Å². The zero-order valence-corrected chi connectivity index (χ0v) is 27.6. The van der Waals surface area contributed by atoms with Gasteiger partial charge in [0.2, 0.25) is 0 Å². The Kier molecular flexibility index (Phi) is 15.2. The molecule has 0 N–H and O–H groups in total. The van der Waals surface area contributed by atoms with Crippen LogP contribution >= 0.6 is 0 Å². The molecule has 0 radical (unpaired) electrons. The summed E-state index contributed by atoms with van der Waals surface area (Å²) in [4.78, 5) is 0. The van der Waals surface area contributed by atoms with Crippen molar-refractivity contribution in [3.63, 3.8) is 0 Å². The second kappa shape index (κ2) is 15.4. The summed E-state index contributed by atoms with van der Waals surface area (Å²) in [6.45, 7) is 33.5. The SMILES string of the molecule is C=CCCCC(C)=C(C)C.CC1=C(C)C(C)[C]([Zr][C]2=C(C)C(C)=C(C)C2C)=C1C.C[SiH2]C. The zero-order chi connectivity index (χ0) is 25.2. The van der Waals surface area contributed by atoms with E-state index >= 15 is 0 Å². The maximum absolute atomic E-state index is 3.69. The van der Waals surface area contributed by atoms with Crippen molar-refractivity contribution in [3.8, 4) is 0 Å². The van der Waals surface area contributed by atoms with Gasteiger partial charge in [0.05, 0.1) is 0 Å². The molecule has 2 atom stereocenters. The van der Waals surface area contributed by atoms with Gasteiger partial charge in [-0.05, 0) is 40.0 Å². The molecular weight excluding hydrogens is 480 g/mol. The molecule has 0 bridgehead atoms. The van der Waals surface area contributed by atoms with Gasteiger partial charge in [0, 0.05) is 9.52 Å². The van der Waals surface area contributed by atoms with Gasteiger partial charge < -0.3 is 0 Å². The minimum Gasteiger partial charge on any atom is -0.0750 e. The van der Waals surface area contributed by atoms with Crippen LogP contribution in [0.5, 0.6) is 0 Å². The molecule has 0 amide bonds. The van der Waals surface area contributed by atoms with Crippen molar-refractivity contribution in [2.24, 2.45) is 11.8 Å². The number of unbranched alkanes of at least 4 members (excludes halogenated alkanes) is 1. The molecule has 2 heteroatoms. The van der Waals surface area contributed by atoms with Crippen LogP contribution in [-0.2, 0) is 23.2 Å². The van der Waals surface area contributed by atoms with E-state index < -0.39 is 23.2 Å². The van der Waals surface area contributed by atoms with Crippen LogP contribution in [0.2, 0.25) is 13.1 Å². The molecule has 2 aliphatic carbocycles. The first-order valence-corrected chi connectivity index (χ1v) is 17.9. The molecular formula is C30H52SiZr. The second-order valence-electron chi connectivity index (χ2n) is 9.93. The van der Waals surface area contributed by atoms with E-state index in [4.69, 9.17) is 0 Å². The first kappa shape index (κ1) is 31.5. The Labute approximate surface area is 215 Å². The Morgan fingerprint density at radius 2 is 1.19 bits per heavy atom. The molecule has 0 nitrogen and oxygen atoms in total. The standard InChI is InChI=1S/C10H18.2C9H13.C2H8Si.Zr/c1-5-6-7-8-10(4)9(2)3;2*1-6-5-7(2)9(4)8(6)3;1-3-2;/h5H,1,6-8H2,2-4H3;2*6H,1-4H3;3H2,1-2H3;. The van der Waals surface area contributed by atoms with Crippen LogP contribution in [0.4, 0.5) is 0 Å². The van der Waals surface area contributed by atoms with Crippen molar-refractivity contribution in [2.75, 3.05) is 0 Å². The van der Waals surface area contributed by atoms with Gasteiger partial charge in [-0.15, -0.1) is 6.58 Å². The predicted octanol–water partition coefficient (Wildman–Crippen LogP) is 9.54. The Bertz CT molecular complexity index is 760. The molecule has 0 fully saturated rings. The summed E-state index contributed by atoms with van der Waals surface area (Å²) in [5.41, 5.74) is 12.6. The van der Waals surface area contributed by atoms with E-state index in [0.29, 0.717) is 21.4 Å². The summed E-state index contributed by atoms with van der Waals surface area (Å²) in [5, 5.41) is 0. The number of rotatable bonds is 6. The normalized spacial score (nSPS) is 20.2. The Morgan fingerprint density at radius 1 is 0.812 bits per heavy atom. The molecule has 2 unspecified atom stereocenters. The molecule has 2 aliphatic rings. The van der Waals surface area contributed by atoms with Gasteiger partial charge in [0.25, 0.3) is 0 Å². The monoisotopic (exact) mass is 530 g/mol. The minimum absolute atomic E-state index is 0.417. The van der Waals surface area contributed by atoms with E-state index in [2.05, 4.69) is 95.8 Å². The molecule has 0 aliphatic heterocycles. The molecule has 0 saturated heterocycles. The summed E-state index contributed by atoms with van der Waals surface area (Å²) in [6, 6.07) is 0. The molecule has 0 saturated carbocycles. The van der Waals surface area contributed by atoms with Crippen molar-refractivity contribution in [2.45, 2.75) is 109 Å². The maximum atomic E-state index is 3.69. The number of allylic oxidation sites excluding steroid dienone is 11. The number of hydrogen-bond donors (Lipinski definition) is 0. The second-order valence-corrected chi connectivity index (χ2v) is 14.6. The number of hydrogen-bond acceptors (Lipinski definition) is 0. The maximum Gasteiger partial charge on any atom is 0.0135 e. The van der Waals surface area contributed by atoms with Gasteiger partial charge in [0.1, 0.15) is 0 Å². The first-order valence-electron chi connectivity index (χ1n) is 12.6. The third-order valence-electron chi connectivity index (χ3n) is 7.36. The minimum atomic E-state index is -0.601. The van der Waals surface area contributed by atoms with Gasteiger partial charge in [-0.2, -0.15) is 0 Å². The fourth-order valence-electron chi connectivity index (χ4n) is 4.04. The quantitative estimate of drug-likeness (QED) is 0.182. The molecule has 2 rings (SSSR count). The summed E-state index contributed by atoms with van der Waals surface area (Å²) in [5.74, 6) is 1.42. The third-order valence-corrected chi connectivity index (χ3v) is 12.7. The topological polar surface area (TPSA) is 0 Å². The van der Waals surface area contributed by atoms with Crippen molar-refractivity contribution in [1.29, 1.82) is 0 Å². The van der Waals surface area contributed by atoms with Crippen LogP contribution in [0.25, 0.3) is 0 Å². The molecule has 0 spiro atoms. The van der Waals surface area contributed by atoms with Gasteiger partial charge in [0.15, 0.2) is 0 Å². The Morgan fingerprint density at radius 3 is 1.44 bits per heavy atom. The van der Waals surface area contributed by atoms with Crippen molar-refractivity contribution in [3.05, 3.63) is 63.8 Å². The van der Waals surface area contributed by atoms with Crippen molar-refractivity contribution >= 4 is 9.52 Å². The average molecular weight is 532 g/mol. The van der Waals surface area contributed by atoms with Crippen LogP contribution in [0.15, 0.2) is 63.8 Å². The zero-order valence-electron chi connectivity index (χ0n) is 23.8. The fourth-order valence-corrected chi connectivity index (χ4v) is 8.72. The Hall–Kier alpha value is -0.460. The molecule has 0 aromatic rings. The van der Waals surface area contributed by atoms with Gasteiger partial charge in [-0.3, -0.25) is 0 Å². The molecule has 0 aromatic carbocycles. The van der Waals surface area contributed by atoms with E-state index in [1.807, 2.05) is 12.6 Å². The van der Waals surface area contributed by atoms with E-state index in [9.17, 15) is 0 Å². The van der Waals surface area contributed by atoms with Gasteiger partial charge in [-0.1, -0.05) is 30.3 Å². The predicted molar refractivity (Wildman–Crippen MR) is 149 cm³/mol. The fraction of sp³-hybridized carbons (Fsp3) is 0.600. The molecule has 0 heterocycles. The summed E-state index contributed by atoms with van der Waals surface area (Å²) in [6.07, 6.45) is 5.61. The largest absolute Gasteiger partial charge is 0.0750 e. The van der Waals surface area contributed by atoms with E-state index in [0.717, 1.165) is 6.42 Å². The van der Waals surface area contributed by atoms with Crippen LogP contribution < -0.4 is 0 Å². The third kappa shape index (κ3) is 8.72. The van der Waals surface area contributed by atoms with E-state index in [1.165, 1.54) is 24.0 Å². The first-order chi connectivity index (χ1) is 14.9. The van der Waals surface area contributed by atoms with Crippen LogP contribution in [-0.4, -0.2) is 9.52 Å². The van der Waals surface area contributed by atoms with Gasteiger partial charge in [-0.25, -0.2) is 0 Å². The van der Waals surface area contributed by atoms with Crippen molar-refractivity contribution in [1.82, 2.24) is 0 Å². The Balaban J connectivity index is 0.000000625. The van der Waals surface area contributed by atoms with Crippen LogP contribution in [0.3, 0.4) is 0 Å². The summed E-state index contributed by atoms with van der Waals surface area (Å²) >= 11 is -0.601. The van der Waals surface area contributed by atoms with Crippen LogP contribution in [0, 0.1) is 11.8 Å². The smallest absolute Gasteiger partial charge is 0.0135 e. The van der Waals surface area contributed by atoms with E-state index in [-0.39, 0.29) is 0 Å². The molecule has 32 heavy (non-hydrogen) atoms. The average Bonchev–Trinajstić information content (AvgIpc) is 3.04. The van der Waals surface area contributed by atoms with Crippen molar-refractivity contribution < 1.29 is 23.2 Å². The van der Waals surface area contributed by atoms with Gasteiger partial charge >= 0.3 is 130 Å². The molecule has 0 aromatic heterocycles. The summed E-state index contributed by atoms with van der Waals surface area (Å²) < 4.78 is 3.64. The van der Waals surface area contributed by atoms with E-state index in [1.54, 1.807) is 33.4 Å². The molecule has 180 valence electrons.